The van der Waals surface area contributed by atoms with Gasteiger partial charge in [-0.15, -0.1) is 0 Å². The van der Waals surface area contributed by atoms with Crippen LogP contribution in [-0.2, 0) is 11.3 Å². The molecule has 0 amide bonds. The molecule has 2 aromatic rings. The van der Waals surface area contributed by atoms with E-state index in [1.165, 1.54) is 0 Å². The highest BCUT2D eigenvalue weighted by atomic mass is 16.5. The van der Waals surface area contributed by atoms with E-state index in [2.05, 4.69) is 30.5 Å². The monoisotopic (exact) mass is 309 g/mol. The molecule has 0 unspecified atom stereocenters. The van der Waals surface area contributed by atoms with Crippen molar-refractivity contribution in [3.8, 4) is 16.9 Å². The summed E-state index contributed by atoms with van der Waals surface area (Å²) in [5.41, 5.74) is 4.47. The van der Waals surface area contributed by atoms with Crippen LogP contribution in [0.25, 0.3) is 11.1 Å². The number of esters is 1. The van der Waals surface area contributed by atoms with Gasteiger partial charge in [0.2, 0.25) is 0 Å². The van der Waals surface area contributed by atoms with E-state index in [1.54, 1.807) is 6.92 Å². The Bertz CT molecular complexity index is 718. The number of ether oxygens (including phenoxy) is 1. The predicted molar refractivity (Wildman–Crippen MR) is 94.5 cm³/mol. The van der Waals surface area contributed by atoms with Crippen LogP contribution < -0.4 is 4.74 Å². The Hall–Kier alpha value is -2.39. The molecule has 0 saturated carbocycles. The second-order valence-electron chi connectivity index (χ2n) is 6.07. The van der Waals surface area contributed by atoms with E-state index in [0.717, 1.165) is 22.3 Å². The van der Waals surface area contributed by atoms with E-state index in [-0.39, 0.29) is 0 Å². The lowest BCUT2D eigenvalue weighted by Gasteiger charge is -2.19. The average molecular weight is 309 g/mol. The van der Waals surface area contributed by atoms with Gasteiger partial charge in [0, 0.05) is 23.2 Å². The van der Waals surface area contributed by atoms with Crippen LogP contribution >= 0.6 is 0 Å². The van der Waals surface area contributed by atoms with Crippen LogP contribution in [0.4, 0.5) is 0 Å². The quantitative estimate of drug-likeness (QED) is 0.471. The highest BCUT2D eigenvalue weighted by Gasteiger charge is 2.17. The van der Waals surface area contributed by atoms with Crippen LogP contribution in [0.1, 0.15) is 18.1 Å². The molecular weight excluding hydrogens is 286 g/mol. The van der Waals surface area contributed by atoms with Gasteiger partial charge < -0.3 is 9.64 Å². The standard InChI is InChI=1S/C20H23NO2/c1-14(2)20(22)23-19-17(13-21(4)5)11-15(3)12-18(19)16-9-7-6-8-10-16/h6-12H,1,13H2,2-5H3. The van der Waals surface area contributed by atoms with E-state index in [0.29, 0.717) is 17.9 Å². The highest BCUT2D eigenvalue weighted by molar-refractivity contribution is 5.90. The van der Waals surface area contributed by atoms with Crippen LogP contribution in [0.5, 0.6) is 5.75 Å². The van der Waals surface area contributed by atoms with Crippen molar-refractivity contribution in [1.29, 1.82) is 0 Å². The summed E-state index contributed by atoms with van der Waals surface area (Å²) in [6, 6.07) is 14.1. The summed E-state index contributed by atoms with van der Waals surface area (Å²) in [6.07, 6.45) is 0. The van der Waals surface area contributed by atoms with Gasteiger partial charge in [-0.25, -0.2) is 4.79 Å². The van der Waals surface area contributed by atoms with Gasteiger partial charge in [-0.3, -0.25) is 0 Å². The van der Waals surface area contributed by atoms with Crippen LogP contribution in [0.3, 0.4) is 0 Å². The topological polar surface area (TPSA) is 29.5 Å². The number of carbonyl (C=O) groups is 1. The van der Waals surface area contributed by atoms with Crippen LogP contribution in [0.15, 0.2) is 54.6 Å². The van der Waals surface area contributed by atoms with Gasteiger partial charge in [0.1, 0.15) is 5.75 Å². The van der Waals surface area contributed by atoms with Crippen LogP contribution in [0, 0.1) is 6.92 Å². The summed E-state index contributed by atoms with van der Waals surface area (Å²) in [7, 11) is 3.99. The van der Waals surface area contributed by atoms with E-state index < -0.39 is 5.97 Å². The Labute approximate surface area is 138 Å². The van der Waals surface area contributed by atoms with E-state index >= 15 is 0 Å². The summed E-state index contributed by atoms with van der Waals surface area (Å²) in [5.74, 6) is 0.217. The normalized spacial score (nSPS) is 10.7. The summed E-state index contributed by atoms with van der Waals surface area (Å²) in [6.45, 7) is 8.08. The maximum atomic E-state index is 12.1. The minimum absolute atomic E-state index is 0.389. The van der Waals surface area contributed by atoms with Crippen molar-refractivity contribution >= 4 is 5.97 Å². The molecule has 0 spiro atoms. The second kappa shape index (κ2) is 7.25. The minimum atomic E-state index is -0.397. The molecule has 0 radical (unpaired) electrons. The fraction of sp³-hybridized carbons (Fsp3) is 0.250. The lowest BCUT2D eigenvalue weighted by molar-refractivity contribution is -0.130. The van der Waals surface area contributed by atoms with Crippen LogP contribution in [-0.4, -0.2) is 25.0 Å². The molecule has 23 heavy (non-hydrogen) atoms. The Morgan fingerprint density at radius 1 is 1.17 bits per heavy atom. The highest BCUT2D eigenvalue weighted by Crippen LogP contribution is 2.35. The molecule has 2 rings (SSSR count). The Kier molecular flexibility index (Phi) is 5.35. The van der Waals surface area contributed by atoms with Crippen LogP contribution in [0.2, 0.25) is 0 Å². The van der Waals surface area contributed by atoms with Gasteiger partial charge in [0.25, 0.3) is 0 Å². The zero-order valence-electron chi connectivity index (χ0n) is 14.2. The number of carbonyl (C=O) groups excluding carboxylic acids is 1. The number of aryl methyl sites for hydroxylation is 1. The number of hydrogen-bond donors (Lipinski definition) is 0. The zero-order chi connectivity index (χ0) is 17.0. The fourth-order valence-electron chi connectivity index (χ4n) is 2.44. The third-order valence-corrected chi connectivity index (χ3v) is 3.42. The number of hydrogen-bond acceptors (Lipinski definition) is 3. The van der Waals surface area contributed by atoms with E-state index in [9.17, 15) is 4.79 Å². The first-order valence-electron chi connectivity index (χ1n) is 7.60. The number of rotatable bonds is 5. The molecule has 0 fully saturated rings. The first kappa shape index (κ1) is 17.0. The van der Waals surface area contributed by atoms with Gasteiger partial charge in [-0.1, -0.05) is 43.0 Å². The maximum absolute atomic E-state index is 12.1. The van der Waals surface area contributed by atoms with E-state index in [4.69, 9.17) is 4.74 Å². The van der Waals surface area contributed by atoms with Crippen molar-refractivity contribution in [2.24, 2.45) is 0 Å². The average Bonchev–Trinajstić information content (AvgIpc) is 2.49. The predicted octanol–water partition coefficient (Wildman–Crippen LogP) is 4.21. The van der Waals surface area contributed by atoms with Crippen molar-refractivity contribution in [3.05, 3.63) is 65.7 Å². The summed E-state index contributed by atoms with van der Waals surface area (Å²) in [5, 5.41) is 0. The Morgan fingerprint density at radius 2 is 1.83 bits per heavy atom. The summed E-state index contributed by atoms with van der Waals surface area (Å²) >= 11 is 0. The number of nitrogens with zero attached hydrogens (tertiary/aromatic N) is 1. The van der Waals surface area contributed by atoms with Gasteiger partial charge >= 0.3 is 5.97 Å². The molecule has 120 valence electrons. The van der Waals surface area contributed by atoms with Crippen molar-refractivity contribution in [2.45, 2.75) is 20.4 Å². The molecule has 0 aliphatic heterocycles. The molecule has 2 aromatic carbocycles. The Morgan fingerprint density at radius 3 is 2.39 bits per heavy atom. The van der Waals surface area contributed by atoms with Gasteiger partial charge in [0.15, 0.2) is 0 Å². The molecule has 0 N–H and O–H groups in total. The molecule has 3 heteroatoms. The lowest BCUT2D eigenvalue weighted by atomic mass is 9.98. The first-order valence-corrected chi connectivity index (χ1v) is 7.60. The van der Waals surface area contributed by atoms with Gasteiger partial charge in [-0.05, 0) is 45.1 Å². The third kappa shape index (κ3) is 4.30. The second-order valence-corrected chi connectivity index (χ2v) is 6.07. The maximum Gasteiger partial charge on any atom is 0.338 e. The molecule has 0 aliphatic rings. The Balaban J connectivity index is 2.61. The van der Waals surface area contributed by atoms with Gasteiger partial charge in [-0.2, -0.15) is 0 Å². The SMILES string of the molecule is C=C(C)C(=O)Oc1c(CN(C)C)cc(C)cc1-c1ccccc1. The third-order valence-electron chi connectivity index (χ3n) is 3.42. The first-order chi connectivity index (χ1) is 10.9. The fourth-order valence-corrected chi connectivity index (χ4v) is 2.44. The van der Waals surface area contributed by atoms with E-state index in [1.807, 2.05) is 44.4 Å². The minimum Gasteiger partial charge on any atom is -0.422 e. The smallest absolute Gasteiger partial charge is 0.338 e. The van der Waals surface area contributed by atoms with Gasteiger partial charge in [0.05, 0.1) is 0 Å². The molecule has 0 saturated heterocycles. The molecule has 3 nitrogen and oxygen atoms in total. The molecule has 0 bridgehead atoms. The van der Waals surface area contributed by atoms with Crippen molar-refractivity contribution in [3.63, 3.8) is 0 Å². The zero-order valence-corrected chi connectivity index (χ0v) is 14.2. The molecule has 0 heterocycles. The molecule has 0 aliphatic carbocycles. The van der Waals surface area contributed by atoms with Crippen molar-refractivity contribution in [1.82, 2.24) is 4.90 Å². The molecule has 0 atom stereocenters. The molecule has 0 aromatic heterocycles. The van der Waals surface area contributed by atoms with Crippen molar-refractivity contribution < 1.29 is 9.53 Å². The summed E-state index contributed by atoms with van der Waals surface area (Å²) in [4.78, 5) is 14.1. The summed E-state index contributed by atoms with van der Waals surface area (Å²) < 4.78 is 5.68. The lowest BCUT2D eigenvalue weighted by Crippen LogP contribution is -2.15. The molecular formula is C20H23NO2. The number of benzene rings is 2. The van der Waals surface area contributed by atoms with Crippen molar-refractivity contribution in [2.75, 3.05) is 14.1 Å². The largest absolute Gasteiger partial charge is 0.422 e.